The molecule has 0 radical (unpaired) electrons. The zero-order valence-corrected chi connectivity index (χ0v) is 17.5. The van der Waals surface area contributed by atoms with E-state index in [9.17, 15) is 4.79 Å². The average Bonchev–Trinajstić information content (AvgIpc) is 2.76. The van der Waals surface area contributed by atoms with Gasteiger partial charge in [0.25, 0.3) is 0 Å². The molecule has 152 valence electrons. The van der Waals surface area contributed by atoms with Crippen molar-refractivity contribution in [2.45, 2.75) is 20.0 Å². The summed E-state index contributed by atoms with van der Waals surface area (Å²) in [5.74, 6) is 0.721. The van der Waals surface area contributed by atoms with Gasteiger partial charge in [-0.2, -0.15) is 0 Å². The van der Waals surface area contributed by atoms with Gasteiger partial charge < -0.3 is 9.30 Å². The third-order valence-electron chi connectivity index (χ3n) is 6.12. The van der Waals surface area contributed by atoms with Gasteiger partial charge in [0, 0.05) is 63.0 Å². The summed E-state index contributed by atoms with van der Waals surface area (Å²) in [6.45, 7) is 7.74. The predicted octanol–water partition coefficient (Wildman–Crippen LogP) is 3.17. The molecule has 1 fully saturated rings. The Kier molecular flexibility index (Phi) is 5.69. The van der Waals surface area contributed by atoms with E-state index in [4.69, 9.17) is 4.74 Å². The van der Waals surface area contributed by atoms with E-state index < -0.39 is 0 Å². The Labute approximate surface area is 172 Å². The summed E-state index contributed by atoms with van der Waals surface area (Å²) in [5, 5.41) is 0.732. The second-order valence-corrected chi connectivity index (χ2v) is 7.87. The summed E-state index contributed by atoms with van der Waals surface area (Å²) in [4.78, 5) is 18.1. The van der Waals surface area contributed by atoms with E-state index in [1.54, 1.807) is 7.11 Å². The summed E-state index contributed by atoms with van der Waals surface area (Å²) < 4.78 is 7.46. The van der Waals surface area contributed by atoms with E-state index in [2.05, 4.69) is 44.7 Å². The van der Waals surface area contributed by atoms with Crippen molar-refractivity contribution in [1.82, 2.24) is 14.4 Å². The Hall–Kier alpha value is -2.63. The second-order valence-electron chi connectivity index (χ2n) is 7.87. The monoisotopic (exact) mass is 391 g/mol. The van der Waals surface area contributed by atoms with Crippen LogP contribution in [0.5, 0.6) is 5.75 Å². The summed E-state index contributed by atoms with van der Waals surface area (Å²) in [6.07, 6.45) is 0. The van der Waals surface area contributed by atoms with E-state index in [0.717, 1.165) is 60.6 Å². The molecular weight excluding hydrogens is 362 g/mol. The zero-order valence-electron chi connectivity index (χ0n) is 17.5. The average molecular weight is 392 g/mol. The number of fused-ring (bicyclic) bond motifs is 1. The molecule has 0 saturated carbocycles. The van der Waals surface area contributed by atoms with Crippen LogP contribution in [-0.2, 0) is 20.1 Å². The largest absolute Gasteiger partial charge is 0.497 e. The van der Waals surface area contributed by atoms with Gasteiger partial charge in [-0.1, -0.05) is 30.3 Å². The first kappa shape index (κ1) is 19.7. The van der Waals surface area contributed by atoms with Crippen LogP contribution in [0.1, 0.15) is 16.8 Å². The molecule has 0 atom stereocenters. The van der Waals surface area contributed by atoms with Crippen molar-refractivity contribution in [2.24, 2.45) is 7.05 Å². The summed E-state index contributed by atoms with van der Waals surface area (Å²) in [7, 11) is 3.67. The maximum absolute atomic E-state index is 13.2. The summed E-state index contributed by atoms with van der Waals surface area (Å²) in [6, 6.07) is 16.4. The predicted molar refractivity (Wildman–Crippen MR) is 117 cm³/mol. The normalized spacial score (nSPS) is 15.7. The molecule has 5 heteroatoms. The fraction of sp³-hybridized carbons (Fsp3) is 0.375. The maximum atomic E-state index is 13.2. The number of benzene rings is 2. The highest BCUT2D eigenvalue weighted by Gasteiger charge is 2.20. The summed E-state index contributed by atoms with van der Waals surface area (Å²) >= 11 is 0. The van der Waals surface area contributed by atoms with E-state index >= 15 is 0 Å². The van der Waals surface area contributed by atoms with Crippen molar-refractivity contribution in [3.8, 4) is 5.75 Å². The summed E-state index contributed by atoms with van der Waals surface area (Å²) in [5.41, 5.74) is 4.37. The highest BCUT2D eigenvalue weighted by Crippen LogP contribution is 2.21. The van der Waals surface area contributed by atoms with Crippen molar-refractivity contribution in [3.63, 3.8) is 0 Å². The first-order chi connectivity index (χ1) is 14.1. The van der Waals surface area contributed by atoms with Crippen molar-refractivity contribution < 1.29 is 4.74 Å². The Morgan fingerprint density at radius 2 is 1.59 bits per heavy atom. The Balaban J connectivity index is 1.50. The van der Waals surface area contributed by atoms with Gasteiger partial charge >= 0.3 is 0 Å². The lowest BCUT2D eigenvalue weighted by Crippen LogP contribution is -2.46. The number of pyridine rings is 1. The molecule has 2 heterocycles. The number of hydrogen-bond acceptors (Lipinski definition) is 4. The quantitative estimate of drug-likeness (QED) is 0.670. The molecule has 1 aliphatic rings. The number of aromatic nitrogens is 1. The first-order valence-corrected chi connectivity index (χ1v) is 10.2. The van der Waals surface area contributed by atoms with Crippen LogP contribution in [0.15, 0.2) is 53.3 Å². The van der Waals surface area contributed by atoms with E-state index in [1.807, 2.05) is 32.2 Å². The van der Waals surface area contributed by atoms with Gasteiger partial charge in [0.05, 0.1) is 12.6 Å². The molecule has 1 aromatic heterocycles. The SMILES string of the molecule is COc1ccc2c(c1)c(=O)c(CN1CCN(Cc3ccccc3)CC1)c(C)n2C. The fourth-order valence-electron chi connectivity index (χ4n) is 4.18. The van der Waals surface area contributed by atoms with Crippen LogP contribution in [0.2, 0.25) is 0 Å². The molecule has 1 aliphatic heterocycles. The van der Waals surface area contributed by atoms with Gasteiger partial charge in [-0.05, 0) is 30.7 Å². The minimum atomic E-state index is 0.126. The lowest BCUT2D eigenvalue weighted by molar-refractivity contribution is 0.121. The molecule has 3 aromatic rings. The maximum Gasteiger partial charge on any atom is 0.194 e. The highest BCUT2D eigenvalue weighted by atomic mass is 16.5. The lowest BCUT2D eigenvalue weighted by Gasteiger charge is -2.35. The minimum Gasteiger partial charge on any atom is -0.497 e. The van der Waals surface area contributed by atoms with Crippen LogP contribution in [0, 0.1) is 6.92 Å². The first-order valence-electron chi connectivity index (χ1n) is 10.2. The number of rotatable bonds is 5. The molecule has 2 aromatic carbocycles. The Morgan fingerprint density at radius 1 is 0.931 bits per heavy atom. The number of methoxy groups -OCH3 is 1. The van der Waals surface area contributed by atoms with Crippen LogP contribution >= 0.6 is 0 Å². The standard InChI is InChI=1S/C24H29N3O2/c1-18-22(24(28)21-15-20(29-3)9-10-23(21)25(18)2)17-27-13-11-26(12-14-27)16-19-7-5-4-6-8-19/h4-10,15H,11-14,16-17H2,1-3H3. The molecule has 4 rings (SSSR count). The number of ether oxygens (including phenoxy) is 1. The molecule has 1 saturated heterocycles. The molecule has 0 bridgehead atoms. The van der Waals surface area contributed by atoms with Crippen LogP contribution in [0.3, 0.4) is 0 Å². The van der Waals surface area contributed by atoms with Gasteiger partial charge in [-0.25, -0.2) is 0 Å². The van der Waals surface area contributed by atoms with Crippen molar-refractivity contribution >= 4 is 10.9 Å². The highest BCUT2D eigenvalue weighted by molar-refractivity contribution is 5.81. The zero-order chi connectivity index (χ0) is 20.4. The van der Waals surface area contributed by atoms with Crippen molar-refractivity contribution in [1.29, 1.82) is 0 Å². The van der Waals surface area contributed by atoms with Gasteiger partial charge in [0.1, 0.15) is 5.75 Å². The number of nitrogens with zero attached hydrogens (tertiary/aromatic N) is 3. The van der Waals surface area contributed by atoms with Crippen molar-refractivity contribution in [3.05, 3.63) is 75.6 Å². The number of aryl methyl sites for hydroxylation is 1. The molecule has 0 N–H and O–H groups in total. The van der Waals surface area contributed by atoms with Gasteiger partial charge in [0.15, 0.2) is 5.43 Å². The van der Waals surface area contributed by atoms with Gasteiger partial charge in [-0.15, -0.1) is 0 Å². The molecule has 0 unspecified atom stereocenters. The van der Waals surface area contributed by atoms with E-state index in [-0.39, 0.29) is 5.43 Å². The molecule has 0 spiro atoms. The van der Waals surface area contributed by atoms with Gasteiger partial charge in [-0.3, -0.25) is 14.6 Å². The third-order valence-corrected chi connectivity index (χ3v) is 6.12. The second kappa shape index (κ2) is 8.39. The Bertz CT molecular complexity index is 1050. The van der Waals surface area contributed by atoms with Crippen LogP contribution in [0.25, 0.3) is 10.9 Å². The van der Waals surface area contributed by atoms with E-state index in [0.29, 0.717) is 6.54 Å². The number of hydrogen-bond donors (Lipinski definition) is 0. The fourth-order valence-corrected chi connectivity index (χ4v) is 4.18. The minimum absolute atomic E-state index is 0.126. The lowest BCUT2D eigenvalue weighted by atomic mass is 10.1. The van der Waals surface area contributed by atoms with Crippen LogP contribution in [-0.4, -0.2) is 47.7 Å². The van der Waals surface area contributed by atoms with Crippen molar-refractivity contribution in [2.75, 3.05) is 33.3 Å². The number of piperazine rings is 1. The topological polar surface area (TPSA) is 37.7 Å². The van der Waals surface area contributed by atoms with Crippen LogP contribution < -0.4 is 10.2 Å². The molecule has 0 aliphatic carbocycles. The van der Waals surface area contributed by atoms with E-state index in [1.165, 1.54) is 5.56 Å². The molecule has 29 heavy (non-hydrogen) atoms. The Morgan fingerprint density at radius 3 is 2.24 bits per heavy atom. The van der Waals surface area contributed by atoms with Crippen LogP contribution in [0.4, 0.5) is 0 Å². The molecular formula is C24H29N3O2. The third kappa shape index (κ3) is 4.07. The smallest absolute Gasteiger partial charge is 0.194 e. The van der Waals surface area contributed by atoms with Gasteiger partial charge in [0.2, 0.25) is 0 Å². The molecule has 5 nitrogen and oxygen atoms in total. The molecule has 0 amide bonds.